The van der Waals surface area contributed by atoms with Gasteiger partial charge in [0.15, 0.2) is 5.78 Å². The molecule has 0 saturated heterocycles. The van der Waals surface area contributed by atoms with Crippen LogP contribution in [0, 0.1) is 23.9 Å². The highest BCUT2D eigenvalue weighted by Gasteiger charge is 2.07. The van der Waals surface area contributed by atoms with Gasteiger partial charge in [-0.05, 0) is 37.1 Å². The predicted octanol–water partition coefficient (Wildman–Crippen LogP) is 4.52. The van der Waals surface area contributed by atoms with E-state index in [1.807, 2.05) is 18.2 Å². The summed E-state index contributed by atoms with van der Waals surface area (Å²) < 4.78 is 5.17. The van der Waals surface area contributed by atoms with Gasteiger partial charge in [0.25, 0.3) is 0 Å². The van der Waals surface area contributed by atoms with Crippen molar-refractivity contribution in [2.75, 3.05) is 0 Å². The van der Waals surface area contributed by atoms with Crippen LogP contribution < -0.4 is 4.74 Å². The van der Waals surface area contributed by atoms with E-state index in [9.17, 15) is 9.59 Å². The molecular formula is C21H24O4. The van der Waals surface area contributed by atoms with Gasteiger partial charge in [0.05, 0.1) is 0 Å². The van der Waals surface area contributed by atoms with E-state index in [0.717, 1.165) is 6.08 Å². The quantitative estimate of drug-likeness (QED) is 0.505. The van der Waals surface area contributed by atoms with Gasteiger partial charge in [0, 0.05) is 28.8 Å². The molecule has 0 fully saturated rings. The maximum Gasteiger partial charge on any atom is 0.327 e. The Morgan fingerprint density at radius 2 is 1.60 bits per heavy atom. The van der Waals surface area contributed by atoms with Crippen LogP contribution in [0.15, 0.2) is 67.3 Å². The first-order valence-corrected chi connectivity index (χ1v) is 7.22. The van der Waals surface area contributed by atoms with Gasteiger partial charge in [-0.2, -0.15) is 0 Å². The zero-order valence-electron chi connectivity index (χ0n) is 13.7. The molecular weight excluding hydrogens is 316 g/mol. The van der Waals surface area contributed by atoms with Crippen LogP contribution in [-0.4, -0.2) is 16.9 Å². The van der Waals surface area contributed by atoms with Gasteiger partial charge in [0.2, 0.25) is 0 Å². The number of aliphatic carboxylic acids is 1. The Kier molecular flexibility index (Phi) is 8.39. The topological polar surface area (TPSA) is 63.6 Å². The maximum absolute atomic E-state index is 12.2. The summed E-state index contributed by atoms with van der Waals surface area (Å²) in [5.74, 6) is 7.36. The lowest BCUT2D eigenvalue weighted by atomic mass is 10.0. The number of benzene rings is 2. The second kappa shape index (κ2) is 10.9. The summed E-state index contributed by atoms with van der Waals surface area (Å²) in [5, 5.41) is 7.60. The molecule has 4 nitrogen and oxygen atoms in total. The first kappa shape index (κ1) is 19.3. The summed E-state index contributed by atoms with van der Waals surface area (Å²) in [6.45, 7) is 4.67. The number of ketones is 1. The van der Waals surface area contributed by atoms with Gasteiger partial charge in [-0.1, -0.05) is 42.8 Å². The second-order valence-electron chi connectivity index (χ2n) is 4.47. The molecule has 25 heavy (non-hydrogen) atoms. The van der Waals surface area contributed by atoms with Crippen LogP contribution in [0.5, 0.6) is 5.75 Å². The number of carboxylic acids is 1. The average Bonchev–Trinajstić information content (AvgIpc) is 2.66. The van der Waals surface area contributed by atoms with E-state index in [1.54, 1.807) is 43.3 Å². The van der Waals surface area contributed by atoms with Crippen molar-refractivity contribution in [3.63, 3.8) is 0 Å². The zero-order valence-corrected chi connectivity index (χ0v) is 13.7. The molecule has 0 heterocycles. The minimum atomic E-state index is -0.981. The van der Waals surface area contributed by atoms with E-state index in [-0.39, 0.29) is 11.5 Å². The van der Waals surface area contributed by atoms with Crippen LogP contribution in [0.1, 0.15) is 28.6 Å². The fraction of sp³-hybridized carbons (Fsp3) is 0.0476. The molecule has 0 amide bonds. The number of carbonyl (C=O) groups is 2. The van der Waals surface area contributed by atoms with Crippen molar-refractivity contribution in [1.29, 1.82) is 0 Å². The zero-order chi connectivity index (χ0) is 18.5. The number of carbonyl (C=O) groups excluding carboxylic acids is 1. The lowest BCUT2D eigenvalue weighted by Crippen LogP contribution is -2.00. The van der Waals surface area contributed by atoms with Crippen LogP contribution in [0.2, 0.25) is 0 Å². The SMILES string of the molecule is C=CC(=O)O.CC#CC#COc1ccc(C(=O)c2ccccc2)cc1.[HH].[HH].[HH].[HH]. The van der Waals surface area contributed by atoms with Gasteiger partial charge in [-0.3, -0.25) is 4.79 Å². The third-order valence-electron chi connectivity index (χ3n) is 2.73. The van der Waals surface area contributed by atoms with E-state index >= 15 is 0 Å². The Bertz CT molecular complexity index is 859. The molecule has 0 bridgehead atoms. The summed E-state index contributed by atoms with van der Waals surface area (Å²) in [7, 11) is 0. The molecule has 132 valence electrons. The molecule has 0 radical (unpaired) electrons. The van der Waals surface area contributed by atoms with Crippen molar-refractivity contribution in [2.45, 2.75) is 6.92 Å². The Morgan fingerprint density at radius 3 is 2.12 bits per heavy atom. The summed E-state index contributed by atoms with van der Waals surface area (Å²) in [4.78, 5) is 21.4. The standard InChI is InChI=1S/C18H12O2.C3H4O2.4H2/c1-2-3-7-14-20-17-12-10-16(11-13-17)18(19)15-8-5-4-6-9-15;1-2-3(4)5;;;;/h4-6,8-13H,1H3;2H,1H2,(H,4,5);4*1H. The van der Waals surface area contributed by atoms with Gasteiger partial charge in [0.1, 0.15) is 11.9 Å². The van der Waals surface area contributed by atoms with E-state index in [4.69, 9.17) is 9.84 Å². The normalized spacial score (nSPS) is 8.20. The van der Waals surface area contributed by atoms with Crippen LogP contribution in [0.3, 0.4) is 0 Å². The largest absolute Gasteiger partial charge is 0.478 e. The van der Waals surface area contributed by atoms with Crippen molar-refractivity contribution >= 4 is 11.8 Å². The molecule has 0 saturated carbocycles. The number of rotatable bonds is 4. The molecule has 0 aliphatic carbocycles. The summed E-state index contributed by atoms with van der Waals surface area (Å²) in [5.41, 5.74) is 1.28. The summed E-state index contributed by atoms with van der Waals surface area (Å²) in [6, 6.07) is 16.0. The number of hydrogen-bond acceptors (Lipinski definition) is 3. The van der Waals surface area contributed by atoms with E-state index in [0.29, 0.717) is 16.9 Å². The molecule has 0 aliphatic heterocycles. The predicted molar refractivity (Wildman–Crippen MR) is 104 cm³/mol. The lowest BCUT2D eigenvalue weighted by Gasteiger charge is -2.02. The first-order chi connectivity index (χ1) is 12.1. The first-order valence-electron chi connectivity index (χ1n) is 7.22. The number of ether oxygens (including phenoxy) is 1. The van der Waals surface area contributed by atoms with E-state index in [2.05, 4.69) is 30.4 Å². The molecule has 0 unspecified atom stereocenters. The van der Waals surface area contributed by atoms with Crippen molar-refractivity contribution in [3.8, 4) is 29.6 Å². The molecule has 0 spiro atoms. The molecule has 2 aromatic rings. The third-order valence-corrected chi connectivity index (χ3v) is 2.73. The van der Waals surface area contributed by atoms with Crippen LogP contribution in [0.25, 0.3) is 0 Å². The number of carboxylic acid groups (broad SMARTS) is 1. The molecule has 4 heteroatoms. The fourth-order valence-corrected chi connectivity index (χ4v) is 1.60. The minimum absolute atomic E-state index is 0. The monoisotopic (exact) mass is 340 g/mol. The second-order valence-corrected chi connectivity index (χ2v) is 4.47. The highest BCUT2D eigenvalue weighted by molar-refractivity contribution is 6.08. The molecule has 2 rings (SSSR count). The minimum Gasteiger partial charge on any atom is -0.478 e. The molecule has 0 aliphatic rings. The maximum atomic E-state index is 12.2. The van der Waals surface area contributed by atoms with Crippen molar-refractivity contribution in [2.24, 2.45) is 0 Å². The van der Waals surface area contributed by atoms with E-state index in [1.165, 1.54) is 0 Å². The highest BCUT2D eigenvalue weighted by Crippen LogP contribution is 2.15. The van der Waals surface area contributed by atoms with Crippen molar-refractivity contribution < 1.29 is 25.1 Å². The van der Waals surface area contributed by atoms with Crippen molar-refractivity contribution in [3.05, 3.63) is 78.4 Å². The highest BCUT2D eigenvalue weighted by atomic mass is 16.5. The fourth-order valence-electron chi connectivity index (χ4n) is 1.60. The van der Waals surface area contributed by atoms with Gasteiger partial charge < -0.3 is 9.84 Å². The molecule has 0 atom stereocenters. The molecule has 2 aromatic carbocycles. The third kappa shape index (κ3) is 7.36. The van der Waals surface area contributed by atoms with Crippen LogP contribution >= 0.6 is 0 Å². The smallest absolute Gasteiger partial charge is 0.327 e. The number of hydrogen-bond donors (Lipinski definition) is 1. The van der Waals surface area contributed by atoms with Gasteiger partial charge >= 0.3 is 5.97 Å². The Morgan fingerprint density at radius 1 is 1.04 bits per heavy atom. The van der Waals surface area contributed by atoms with Crippen LogP contribution in [-0.2, 0) is 4.79 Å². The Balaban J connectivity index is -0.000000312. The Hall–Kier alpha value is -3.76. The van der Waals surface area contributed by atoms with E-state index < -0.39 is 5.97 Å². The Labute approximate surface area is 152 Å². The van der Waals surface area contributed by atoms with Crippen molar-refractivity contribution in [1.82, 2.24) is 0 Å². The summed E-state index contributed by atoms with van der Waals surface area (Å²) in [6.07, 6.45) is 3.31. The van der Waals surface area contributed by atoms with Gasteiger partial charge in [-0.25, -0.2) is 4.79 Å². The molecule has 0 aromatic heterocycles. The van der Waals surface area contributed by atoms with Crippen LogP contribution in [0.4, 0.5) is 0 Å². The summed E-state index contributed by atoms with van der Waals surface area (Å²) >= 11 is 0. The van der Waals surface area contributed by atoms with Gasteiger partial charge in [-0.15, -0.1) is 0 Å². The molecule has 1 N–H and O–H groups in total. The average molecular weight is 340 g/mol. The lowest BCUT2D eigenvalue weighted by molar-refractivity contribution is -0.131.